The molecule has 2 aromatic heterocycles. The summed E-state index contributed by atoms with van der Waals surface area (Å²) in [5.74, 6) is -2.29. The van der Waals surface area contributed by atoms with Gasteiger partial charge < -0.3 is 25.7 Å². The number of amides is 3. The van der Waals surface area contributed by atoms with E-state index >= 15 is 0 Å². The molecular formula is C19H17N5O8S2. The van der Waals surface area contributed by atoms with E-state index < -0.39 is 33.4 Å². The van der Waals surface area contributed by atoms with Gasteiger partial charge in [0.25, 0.3) is 27.5 Å². The maximum atomic E-state index is 12.6. The van der Waals surface area contributed by atoms with E-state index in [1.807, 2.05) is 5.32 Å². The number of rotatable bonds is 7. The van der Waals surface area contributed by atoms with E-state index in [1.165, 1.54) is 5.38 Å². The van der Waals surface area contributed by atoms with E-state index in [0.29, 0.717) is 22.6 Å². The summed E-state index contributed by atoms with van der Waals surface area (Å²) in [5.41, 5.74) is 0.827. The normalized spacial score (nSPS) is 13.0. The number of H-pyrrole nitrogens is 1. The Kier molecular flexibility index (Phi) is 6.32. The van der Waals surface area contributed by atoms with E-state index in [1.54, 1.807) is 18.2 Å². The summed E-state index contributed by atoms with van der Waals surface area (Å²) in [5, 5.41) is 8.94. The molecule has 3 amide bonds. The Morgan fingerprint density at radius 3 is 2.79 bits per heavy atom. The van der Waals surface area contributed by atoms with Crippen molar-refractivity contribution in [3.63, 3.8) is 0 Å². The van der Waals surface area contributed by atoms with Crippen molar-refractivity contribution in [3.05, 3.63) is 50.9 Å². The van der Waals surface area contributed by atoms with E-state index in [9.17, 15) is 27.6 Å². The number of carbonyl (C=O) groups is 3. The van der Waals surface area contributed by atoms with Crippen LogP contribution in [0.1, 0.15) is 21.7 Å². The summed E-state index contributed by atoms with van der Waals surface area (Å²) in [6.45, 7) is 0.0254. The average molecular weight is 508 g/mol. The first-order valence-electron chi connectivity index (χ1n) is 9.65. The number of carbonyl (C=O) groups excluding carboxylic acids is 3. The van der Waals surface area contributed by atoms with Crippen LogP contribution >= 0.6 is 11.3 Å². The molecule has 15 heteroatoms. The molecule has 1 aromatic carbocycles. The van der Waals surface area contributed by atoms with Crippen LogP contribution in [0.15, 0.2) is 28.4 Å². The molecular weight excluding hydrogens is 490 g/mol. The molecule has 178 valence electrons. The fraction of sp³-hybridized carbons (Fsp3) is 0.211. The number of nitrogens with zero attached hydrogens (tertiary/aromatic N) is 1. The molecule has 5 N–H and O–H groups in total. The Labute approximate surface area is 195 Å². The van der Waals surface area contributed by atoms with Crippen LogP contribution in [0.4, 0.5) is 5.69 Å². The number of anilines is 1. The van der Waals surface area contributed by atoms with E-state index in [0.717, 1.165) is 11.3 Å². The largest absolute Gasteiger partial charge is 0.482 e. The molecule has 0 spiro atoms. The molecule has 3 aromatic rings. The number of hydrogen-bond donors (Lipinski definition) is 5. The Hall–Kier alpha value is -3.82. The third kappa shape index (κ3) is 5.38. The van der Waals surface area contributed by atoms with Gasteiger partial charge in [-0.25, -0.2) is 4.98 Å². The van der Waals surface area contributed by atoms with E-state index in [4.69, 9.17) is 9.29 Å². The van der Waals surface area contributed by atoms with E-state index in [-0.39, 0.29) is 41.5 Å². The van der Waals surface area contributed by atoms with Gasteiger partial charge in [-0.1, -0.05) is 6.07 Å². The van der Waals surface area contributed by atoms with Gasteiger partial charge in [0.1, 0.15) is 16.5 Å². The summed E-state index contributed by atoms with van der Waals surface area (Å²) in [7, 11) is -4.38. The number of thiophene rings is 1. The van der Waals surface area contributed by atoms with Gasteiger partial charge in [-0.2, -0.15) is 8.42 Å². The molecule has 13 nitrogen and oxygen atoms in total. The lowest BCUT2D eigenvalue weighted by Gasteiger charge is -2.18. The lowest BCUT2D eigenvalue weighted by molar-refractivity contribution is -0.120. The second kappa shape index (κ2) is 9.20. The minimum atomic E-state index is -4.38. The summed E-state index contributed by atoms with van der Waals surface area (Å²) in [6, 6.07) is 5.04. The van der Waals surface area contributed by atoms with Gasteiger partial charge in [0.05, 0.1) is 17.5 Å². The Morgan fingerprint density at radius 1 is 1.24 bits per heavy atom. The number of fused-ring (bicyclic) bond motifs is 2. The molecule has 0 bridgehead atoms. The average Bonchev–Trinajstić information content (AvgIpc) is 3.18. The van der Waals surface area contributed by atoms with Crippen molar-refractivity contribution in [3.8, 4) is 5.75 Å². The second-order valence-corrected chi connectivity index (χ2v) is 9.52. The summed E-state index contributed by atoms with van der Waals surface area (Å²) < 4.78 is 35.5. The van der Waals surface area contributed by atoms with Gasteiger partial charge in [0, 0.05) is 6.54 Å². The topological polar surface area (TPSA) is 197 Å². The second-order valence-electron chi connectivity index (χ2n) is 7.21. The zero-order valence-electron chi connectivity index (χ0n) is 17.2. The van der Waals surface area contributed by atoms with Crippen LogP contribution in [0, 0.1) is 0 Å². The number of aromatic nitrogens is 2. The van der Waals surface area contributed by atoms with Crippen molar-refractivity contribution in [2.45, 2.75) is 13.0 Å². The lowest BCUT2D eigenvalue weighted by Crippen LogP contribution is -2.30. The first-order chi connectivity index (χ1) is 16.1. The minimum absolute atomic E-state index is 0.0652. The van der Waals surface area contributed by atoms with Crippen LogP contribution in [-0.4, -0.2) is 53.1 Å². The van der Waals surface area contributed by atoms with Crippen molar-refractivity contribution in [1.82, 2.24) is 20.6 Å². The van der Waals surface area contributed by atoms with Crippen LogP contribution in [0.2, 0.25) is 0 Å². The van der Waals surface area contributed by atoms with Crippen molar-refractivity contribution >= 4 is 55.1 Å². The fourth-order valence-corrected chi connectivity index (χ4v) is 4.44. The minimum Gasteiger partial charge on any atom is -0.482 e. The van der Waals surface area contributed by atoms with Gasteiger partial charge >= 0.3 is 0 Å². The number of aromatic amines is 1. The van der Waals surface area contributed by atoms with Crippen LogP contribution < -0.4 is 26.2 Å². The molecule has 34 heavy (non-hydrogen) atoms. The van der Waals surface area contributed by atoms with Gasteiger partial charge in [0.2, 0.25) is 11.7 Å². The summed E-state index contributed by atoms with van der Waals surface area (Å²) in [6.07, 6.45) is -0.315. The van der Waals surface area contributed by atoms with Crippen molar-refractivity contribution < 1.29 is 32.1 Å². The molecule has 1 aliphatic rings. The standard InChI is InChI=1S/C19H17N5O8S2/c25-13(21-8-34(29,30)31)4-10-7-33-19-15(10)17(27)23-16(24-19)18(28)20-5-9-1-2-12-11(3-9)22-14(26)6-32-12/h1-3,7H,4-6,8H2,(H,20,28)(H,21,25)(H,22,26)(H,23,24,27)(H,29,30,31). The third-order valence-electron chi connectivity index (χ3n) is 4.67. The molecule has 0 saturated heterocycles. The Balaban J connectivity index is 1.45. The summed E-state index contributed by atoms with van der Waals surface area (Å²) >= 11 is 1.04. The van der Waals surface area contributed by atoms with Gasteiger partial charge in [-0.15, -0.1) is 11.3 Å². The molecule has 4 rings (SSSR count). The molecule has 0 saturated carbocycles. The van der Waals surface area contributed by atoms with Crippen LogP contribution in [0.25, 0.3) is 10.2 Å². The monoisotopic (exact) mass is 507 g/mol. The first kappa shape index (κ1) is 23.3. The Morgan fingerprint density at radius 2 is 2.03 bits per heavy atom. The highest BCUT2D eigenvalue weighted by Crippen LogP contribution is 2.28. The predicted molar refractivity (Wildman–Crippen MR) is 120 cm³/mol. The maximum Gasteiger partial charge on any atom is 0.287 e. The zero-order chi connectivity index (χ0) is 24.5. The molecule has 1 aliphatic heterocycles. The molecule has 0 radical (unpaired) electrons. The first-order valence-corrected chi connectivity index (χ1v) is 12.1. The van der Waals surface area contributed by atoms with Crippen LogP contribution in [0.5, 0.6) is 5.75 Å². The van der Waals surface area contributed by atoms with Crippen molar-refractivity contribution in [2.75, 3.05) is 17.8 Å². The molecule has 0 aliphatic carbocycles. The molecule has 3 heterocycles. The van der Waals surface area contributed by atoms with Gasteiger partial charge in [-0.3, -0.25) is 23.7 Å². The van der Waals surface area contributed by atoms with E-state index in [2.05, 4.69) is 20.6 Å². The number of ether oxygens (including phenoxy) is 1. The number of benzene rings is 1. The van der Waals surface area contributed by atoms with Crippen molar-refractivity contribution in [2.24, 2.45) is 0 Å². The highest BCUT2D eigenvalue weighted by Gasteiger charge is 2.19. The quantitative estimate of drug-likeness (QED) is 0.268. The SMILES string of the molecule is O=C(Cc1csc2nc(C(=O)NCc3ccc4c(c3)NC(=O)CO4)[nH]c(=O)c12)NCS(=O)(=O)O. The van der Waals surface area contributed by atoms with Crippen LogP contribution in [0.3, 0.4) is 0 Å². The number of nitrogens with one attached hydrogen (secondary N) is 4. The Bertz CT molecular complexity index is 1480. The maximum absolute atomic E-state index is 12.6. The molecule has 0 atom stereocenters. The lowest BCUT2D eigenvalue weighted by atomic mass is 10.1. The highest BCUT2D eigenvalue weighted by molar-refractivity contribution is 7.85. The number of hydrogen-bond acceptors (Lipinski definition) is 9. The van der Waals surface area contributed by atoms with Gasteiger partial charge in [0.15, 0.2) is 6.61 Å². The predicted octanol–water partition coefficient (Wildman–Crippen LogP) is -0.250. The smallest absolute Gasteiger partial charge is 0.287 e. The van der Waals surface area contributed by atoms with Crippen molar-refractivity contribution in [1.29, 1.82) is 0 Å². The molecule has 0 unspecified atom stereocenters. The fourth-order valence-electron chi connectivity index (χ4n) is 3.16. The molecule has 0 fully saturated rings. The van der Waals surface area contributed by atoms with Gasteiger partial charge in [-0.05, 0) is 28.6 Å². The van der Waals surface area contributed by atoms with Crippen LogP contribution in [-0.2, 0) is 32.7 Å². The highest BCUT2D eigenvalue weighted by atomic mass is 32.2. The zero-order valence-corrected chi connectivity index (χ0v) is 18.8. The third-order valence-corrected chi connectivity index (χ3v) is 6.10. The summed E-state index contributed by atoms with van der Waals surface area (Å²) in [4.78, 5) is 55.2.